The topological polar surface area (TPSA) is 59.9 Å². The minimum absolute atomic E-state index is 0.152. The van der Waals surface area contributed by atoms with E-state index in [2.05, 4.69) is 20.3 Å². The van der Waals surface area contributed by atoms with Gasteiger partial charge in [-0.15, -0.1) is 0 Å². The fourth-order valence-electron chi connectivity index (χ4n) is 1.22. The molecular formula is C8H11ClN4O. The Morgan fingerprint density at radius 3 is 2.71 bits per heavy atom. The molecule has 5 nitrogen and oxygen atoms in total. The van der Waals surface area contributed by atoms with Gasteiger partial charge in [0.2, 0.25) is 11.2 Å². The van der Waals surface area contributed by atoms with Gasteiger partial charge in [-0.1, -0.05) is 0 Å². The van der Waals surface area contributed by atoms with Gasteiger partial charge in [0.1, 0.15) is 0 Å². The molecule has 6 heteroatoms. The van der Waals surface area contributed by atoms with Crippen LogP contribution in [0.4, 0.5) is 5.95 Å². The van der Waals surface area contributed by atoms with Gasteiger partial charge in [-0.2, -0.15) is 15.0 Å². The van der Waals surface area contributed by atoms with Crippen LogP contribution in [0.15, 0.2) is 0 Å². The number of halogens is 1. The van der Waals surface area contributed by atoms with Gasteiger partial charge in [0, 0.05) is 6.04 Å². The highest BCUT2D eigenvalue weighted by Gasteiger charge is 2.18. The van der Waals surface area contributed by atoms with Crippen LogP contribution in [0.2, 0.25) is 5.28 Å². The number of methoxy groups -OCH3 is 1. The third-order valence-corrected chi connectivity index (χ3v) is 2.38. The van der Waals surface area contributed by atoms with Crippen molar-refractivity contribution in [3.05, 3.63) is 5.28 Å². The number of hydrogen-bond acceptors (Lipinski definition) is 5. The van der Waals surface area contributed by atoms with E-state index in [-0.39, 0.29) is 11.3 Å². The van der Waals surface area contributed by atoms with E-state index in [0.29, 0.717) is 12.0 Å². The van der Waals surface area contributed by atoms with E-state index in [9.17, 15) is 0 Å². The molecule has 1 saturated carbocycles. The van der Waals surface area contributed by atoms with E-state index in [1.165, 1.54) is 13.5 Å². The number of hydrogen-bond donors (Lipinski definition) is 1. The van der Waals surface area contributed by atoms with E-state index in [4.69, 9.17) is 16.3 Å². The van der Waals surface area contributed by atoms with Crippen LogP contribution in [0.1, 0.15) is 19.3 Å². The smallest absolute Gasteiger partial charge is 0.322 e. The summed E-state index contributed by atoms with van der Waals surface area (Å²) in [6.07, 6.45) is 3.57. The van der Waals surface area contributed by atoms with Crippen molar-refractivity contribution in [3.8, 4) is 6.01 Å². The summed E-state index contributed by atoms with van der Waals surface area (Å²) >= 11 is 5.69. The van der Waals surface area contributed by atoms with Crippen LogP contribution in [0.3, 0.4) is 0 Å². The normalized spacial score (nSPS) is 16.1. The van der Waals surface area contributed by atoms with Crippen molar-refractivity contribution in [1.29, 1.82) is 0 Å². The van der Waals surface area contributed by atoms with Crippen molar-refractivity contribution in [2.24, 2.45) is 0 Å². The first-order valence-electron chi connectivity index (χ1n) is 4.50. The molecule has 0 unspecified atom stereocenters. The van der Waals surface area contributed by atoms with Gasteiger partial charge in [0.25, 0.3) is 0 Å². The molecule has 1 N–H and O–H groups in total. The standard InChI is InChI=1S/C8H11ClN4O/c1-14-8-12-6(9)11-7(13-8)10-5-3-2-4-5/h5H,2-4H2,1H3,(H,10,11,12,13). The lowest BCUT2D eigenvalue weighted by atomic mass is 9.93. The molecule has 0 bridgehead atoms. The third kappa shape index (κ3) is 2.04. The van der Waals surface area contributed by atoms with Gasteiger partial charge in [0.15, 0.2) is 0 Å². The molecule has 0 aliphatic heterocycles. The van der Waals surface area contributed by atoms with Gasteiger partial charge >= 0.3 is 6.01 Å². The Kier molecular flexibility index (Phi) is 2.67. The number of rotatable bonds is 3. The van der Waals surface area contributed by atoms with Crippen molar-refractivity contribution in [2.75, 3.05) is 12.4 Å². The molecule has 0 spiro atoms. The maximum Gasteiger partial charge on any atom is 0.322 e. The number of nitrogens with zero attached hydrogens (tertiary/aromatic N) is 3. The minimum Gasteiger partial charge on any atom is -0.467 e. The molecule has 0 aromatic carbocycles. The van der Waals surface area contributed by atoms with Crippen LogP contribution in [0.25, 0.3) is 0 Å². The zero-order valence-corrected chi connectivity index (χ0v) is 8.58. The zero-order chi connectivity index (χ0) is 9.97. The summed E-state index contributed by atoms with van der Waals surface area (Å²) in [6, 6.07) is 0.713. The van der Waals surface area contributed by atoms with Gasteiger partial charge in [-0.25, -0.2) is 0 Å². The summed E-state index contributed by atoms with van der Waals surface area (Å²) in [5.41, 5.74) is 0. The highest BCUT2D eigenvalue weighted by molar-refractivity contribution is 6.28. The zero-order valence-electron chi connectivity index (χ0n) is 7.83. The molecule has 0 saturated heterocycles. The molecule has 1 heterocycles. The second kappa shape index (κ2) is 3.96. The Morgan fingerprint density at radius 1 is 1.36 bits per heavy atom. The van der Waals surface area contributed by atoms with Crippen LogP contribution in [-0.2, 0) is 0 Å². The first kappa shape index (κ1) is 9.45. The van der Waals surface area contributed by atoms with Crippen LogP contribution in [0.5, 0.6) is 6.01 Å². The third-order valence-electron chi connectivity index (χ3n) is 2.21. The Bertz CT molecular complexity index is 329. The average molecular weight is 215 g/mol. The van der Waals surface area contributed by atoms with Gasteiger partial charge in [-0.3, -0.25) is 0 Å². The molecule has 2 rings (SSSR count). The predicted octanol–water partition coefficient (Wildman–Crippen LogP) is 1.50. The van der Waals surface area contributed by atoms with Crippen molar-refractivity contribution in [1.82, 2.24) is 15.0 Å². The summed E-state index contributed by atoms with van der Waals surface area (Å²) in [5, 5.41) is 3.32. The monoisotopic (exact) mass is 214 g/mol. The van der Waals surface area contributed by atoms with Crippen molar-refractivity contribution in [2.45, 2.75) is 25.3 Å². The number of anilines is 1. The molecule has 1 fully saturated rings. The lowest BCUT2D eigenvalue weighted by molar-refractivity contribution is 0.377. The molecule has 0 amide bonds. The fourth-order valence-corrected chi connectivity index (χ4v) is 1.38. The molecule has 76 valence electrons. The molecular weight excluding hydrogens is 204 g/mol. The molecule has 0 atom stereocenters. The van der Waals surface area contributed by atoms with Crippen LogP contribution in [-0.4, -0.2) is 28.1 Å². The quantitative estimate of drug-likeness (QED) is 0.826. The van der Waals surface area contributed by atoms with Gasteiger partial charge < -0.3 is 10.1 Å². The van der Waals surface area contributed by atoms with Crippen LogP contribution >= 0.6 is 11.6 Å². The molecule has 1 aromatic rings. The van der Waals surface area contributed by atoms with Crippen molar-refractivity contribution < 1.29 is 4.74 Å². The molecule has 1 aliphatic rings. The minimum atomic E-state index is 0.152. The van der Waals surface area contributed by atoms with E-state index in [0.717, 1.165) is 12.8 Å². The van der Waals surface area contributed by atoms with Gasteiger partial charge in [0.05, 0.1) is 7.11 Å². The maximum absolute atomic E-state index is 5.69. The summed E-state index contributed by atoms with van der Waals surface area (Å²) < 4.78 is 4.88. The van der Waals surface area contributed by atoms with Crippen molar-refractivity contribution in [3.63, 3.8) is 0 Å². The van der Waals surface area contributed by atoms with Crippen LogP contribution in [0, 0.1) is 0 Å². The average Bonchev–Trinajstić information content (AvgIpc) is 2.10. The SMILES string of the molecule is COc1nc(Cl)nc(NC2CCC2)n1. The summed E-state index contributed by atoms with van der Waals surface area (Å²) in [4.78, 5) is 11.8. The van der Waals surface area contributed by atoms with E-state index < -0.39 is 0 Å². The molecule has 14 heavy (non-hydrogen) atoms. The summed E-state index contributed by atoms with van der Waals surface area (Å²) in [5.74, 6) is 0.492. The molecule has 0 radical (unpaired) electrons. The Labute approximate surface area is 86.9 Å². The Hall–Kier alpha value is -1.10. The van der Waals surface area contributed by atoms with E-state index in [1.807, 2.05) is 0 Å². The Balaban J connectivity index is 2.11. The highest BCUT2D eigenvalue weighted by Crippen LogP contribution is 2.22. The number of ether oxygens (including phenoxy) is 1. The maximum atomic E-state index is 5.69. The van der Waals surface area contributed by atoms with E-state index in [1.54, 1.807) is 0 Å². The largest absolute Gasteiger partial charge is 0.467 e. The predicted molar refractivity (Wildman–Crippen MR) is 52.7 cm³/mol. The lowest BCUT2D eigenvalue weighted by Crippen LogP contribution is -2.28. The number of aromatic nitrogens is 3. The summed E-state index contributed by atoms with van der Waals surface area (Å²) in [7, 11) is 1.50. The second-order valence-electron chi connectivity index (χ2n) is 3.19. The van der Waals surface area contributed by atoms with Crippen molar-refractivity contribution >= 4 is 17.5 Å². The first-order valence-corrected chi connectivity index (χ1v) is 4.88. The highest BCUT2D eigenvalue weighted by atomic mass is 35.5. The summed E-state index contributed by atoms with van der Waals surface area (Å²) in [6.45, 7) is 0. The molecule has 1 aromatic heterocycles. The van der Waals surface area contributed by atoms with E-state index >= 15 is 0 Å². The second-order valence-corrected chi connectivity index (χ2v) is 3.52. The first-order chi connectivity index (χ1) is 6.78. The number of nitrogens with one attached hydrogen (secondary N) is 1. The fraction of sp³-hybridized carbons (Fsp3) is 0.625. The Morgan fingerprint density at radius 2 is 2.14 bits per heavy atom. The molecule has 1 aliphatic carbocycles. The van der Waals surface area contributed by atoms with Crippen LogP contribution < -0.4 is 10.1 Å². The lowest BCUT2D eigenvalue weighted by Gasteiger charge is -2.26. The van der Waals surface area contributed by atoms with Gasteiger partial charge in [-0.05, 0) is 30.9 Å².